The van der Waals surface area contributed by atoms with Gasteiger partial charge in [-0.05, 0) is 18.6 Å². The molecule has 0 aliphatic heterocycles. The van der Waals surface area contributed by atoms with Gasteiger partial charge in [-0.15, -0.1) is 0 Å². The fraction of sp³-hybridized carbons (Fsp3) is 0.455. The molecular weight excluding hydrogens is 224 g/mol. The van der Waals surface area contributed by atoms with Gasteiger partial charge < -0.3 is 15.2 Å². The Bertz CT molecular complexity index is 395. The summed E-state index contributed by atoms with van der Waals surface area (Å²) in [4.78, 5) is 10.3. The third kappa shape index (κ3) is 3.69. The van der Waals surface area contributed by atoms with E-state index < -0.39 is 4.92 Å². The first kappa shape index (κ1) is 13.4. The Kier molecular flexibility index (Phi) is 4.86. The van der Waals surface area contributed by atoms with Crippen LogP contribution in [0.2, 0.25) is 0 Å². The molecule has 1 aromatic rings. The summed E-state index contributed by atoms with van der Waals surface area (Å²) in [5.41, 5.74) is 0.723. The van der Waals surface area contributed by atoms with Crippen molar-refractivity contribution >= 4 is 5.69 Å². The second kappa shape index (κ2) is 6.17. The topological polar surface area (TPSA) is 84.6 Å². The molecule has 0 bridgehead atoms. The highest BCUT2D eigenvalue weighted by Crippen LogP contribution is 2.27. The van der Waals surface area contributed by atoms with Gasteiger partial charge in [0.15, 0.2) is 5.75 Å². The maximum atomic E-state index is 10.8. The molecule has 1 rings (SSSR count). The Labute approximate surface area is 99.4 Å². The molecule has 0 heterocycles. The molecule has 0 aromatic heterocycles. The minimum absolute atomic E-state index is 0.0260. The molecule has 0 fully saturated rings. The average Bonchev–Trinajstić information content (AvgIpc) is 2.35. The number of hydrogen-bond acceptors (Lipinski definition) is 5. The smallest absolute Gasteiger partial charge is 0.311 e. The van der Waals surface area contributed by atoms with Crippen molar-refractivity contribution in [1.82, 2.24) is 5.32 Å². The van der Waals surface area contributed by atoms with Gasteiger partial charge in [0, 0.05) is 18.7 Å². The first-order valence-electron chi connectivity index (χ1n) is 5.24. The third-order valence-electron chi connectivity index (χ3n) is 2.37. The monoisotopic (exact) mass is 240 g/mol. The minimum Gasteiger partial charge on any atom is -0.490 e. The van der Waals surface area contributed by atoms with E-state index in [0.29, 0.717) is 6.54 Å². The van der Waals surface area contributed by atoms with Crippen LogP contribution in [0.15, 0.2) is 18.2 Å². The number of benzene rings is 1. The molecule has 0 amide bonds. The van der Waals surface area contributed by atoms with Crippen LogP contribution in [0.4, 0.5) is 5.69 Å². The zero-order chi connectivity index (χ0) is 12.8. The summed E-state index contributed by atoms with van der Waals surface area (Å²) in [5.74, 6) is 0.244. The number of hydrogen-bond donors (Lipinski definition) is 2. The van der Waals surface area contributed by atoms with Crippen molar-refractivity contribution < 1.29 is 14.8 Å². The van der Waals surface area contributed by atoms with Crippen molar-refractivity contribution in [3.63, 3.8) is 0 Å². The quantitative estimate of drug-likeness (QED) is 0.574. The fourth-order valence-corrected chi connectivity index (χ4v) is 1.34. The van der Waals surface area contributed by atoms with E-state index in [2.05, 4.69) is 5.32 Å². The number of aliphatic hydroxyl groups is 1. The zero-order valence-electron chi connectivity index (χ0n) is 9.84. The molecule has 17 heavy (non-hydrogen) atoms. The highest BCUT2D eigenvalue weighted by Gasteiger charge is 2.15. The van der Waals surface area contributed by atoms with Gasteiger partial charge in [-0.1, -0.05) is 6.07 Å². The first-order valence-corrected chi connectivity index (χ1v) is 5.24. The van der Waals surface area contributed by atoms with E-state index in [9.17, 15) is 10.1 Å². The van der Waals surface area contributed by atoms with Crippen LogP contribution in [0.25, 0.3) is 0 Å². The lowest BCUT2D eigenvalue weighted by Gasteiger charge is -2.11. The van der Waals surface area contributed by atoms with Gasteiger partial charge in [0.1, 0.15) is 0 Å². The molecular formula is C11H16N2O4. The molecule has 94 valence electrons. The second-order valence-corrected chi connectivity index (χ2v) is 3.73. The normalized spacial score (nSPS) is 12.2. The van der Waals surface area contributed by atoms with E-state index >= 15 is 0 Å². The van der Waals surface area contributed by atoms with Crippen LogP contribution in [0.3, 0.4) is 0 Å². The highest BCUT2D eigenvalue weighted by molar-refractivity contribution is 5.48. The summed E-state index contributed by atoms with van der Waals surface area (Å²) in [5, 5.41) is 22.7. The fourth-order valence-electron chi connectivity index (χ4n) is 1.34. The SMILES string of the molecule is COc1ccc(CNC(C)CO)cc1[N+](=O)[O-]. The van der Waals surface area contributed by atoms with E-state index in [4.69, 9.17) is 9.84 Å². The molecule has 0 saturated heterocycles. The predicted octanol–water partition coefficient (Wildman–Crippen LogP) is 1.07. The molecule has 1 atom stereocenters. The number of nitrogens with one attached hydrogen (secondary N) is 1. The number of ether oxygens (including phenoxy) is 1. The van der Waals surface area contributed by atoms with Crippen LogP contribution in [0.5, 0.6) is 5.75 Å². The van der Waals surface area contributed by atoms with E-state index in [0.717, 1.165) is 5.56 Å². The van der Waals surface area contributed by atoms with Crippen molar-refractivity contribution in [2.24, 2.45) is 0 Å². The van der Waals surface area contributed by atoms with Crippen molar-refractivity contribution in [1.29, 1.82) is 0 Å². The summed E-state index contributed by atoms with van der Waals surface area (Å²) in [6.07, 6.45) is 0. The Hall–Kier alpha value is -1.66. The van der Waals surface area contributed by atoms with Crippen LogP contribution < -0.4 is 10.1 Å². The molecule has 6 nitrogen and oxygen atoms in total. The van der Waals surface area contributed by atoms with E-state index in [1.54, 1.807) is 12.1 Å². The van der Waals surface area contributed by atoms with E-state index in [1.807, 2.05) is 6.92 Å². The van der Waals surface area contributed by atoms with Crippen LogP contribution in [-0.2, 0) is 6.54 Å². The maximum Gasteiger partial charge on any atom is 0.311 e. The van der Waals surface area contributed by atoms with Gasteiger partial charge in [-0.25, -0.2) is 0 Å². The predicted molar refractivity (Wildman–Crippen MR) is 63.0 cm³/mol. The molecule has 1 unspecified atom stereocenters. The lowest BCUT2D eigenvalue weighted by molar-refractivity contribution is -0.385. The lowest BCUT2D eigenvalue weighted by Crippen LogP contribution is -2.28. The Balaban J connectivity index is 2.81. The minimum atomic E-state index is -0.474. The van der Waals surface area contributed by atoms with Crippen molar-refractivity contribution in [2.75, 3.05) is 13.7 Å². The zero-order valence-corrected chi connectivity index (χ0v) is 9.84. The number of methoxy groups -OCH3 is 1. The van der Waals surface area contributed by atoms with Gasteiger partial charge in [-0.2, -0.15) is 0 Å². The molecule has 0 spiro atoms. The van der Waals surface area contributed by atoms with Crippen molar-refractivity contribution in [2.45, 2.75) is 19.5 Å². The standard InChI is InChI=1S/C11H16N2O4/c1-8(7-14)12-6-9-3-4-11(17-2)10(5-9)13(15)16/h3-5,8,12,14H,6-7H2,1-2H3. The molecule has 0 radical (unpaired) electrons. The Morgan fingerprint density at radius 3 is 2.82 bits per heavy atom. The van der Waals surface area contributed by atoms with Crippen LogP contribution >= 0.6 is 0 Å². The third-order valence-corrected chi connectivity index (χ3v) is 2.37. The van der Waals surface area contributed by atoms with Gasteiger partial charge >= 0.3 is 5.69 Å². The van der Waals surface area contributed by atoms with Gasteiger partial charge in [0.05, 0.1) is 18.6 Å². The van der Waals surface area contributed by atoms with Crippen LogP contribution in [0.1, 0.15) is 12.5 Å². The number of nitro groups is 1. The van der Waals surface area contributed by atoms with Gasteiger partial charge in [0.25, 0.3) is 0 Å². The van der Waals surface area contributed by atoms with Crippen LogP contribution in [-0.4, -0.2) is 29.8 Å². The van der Waals surface area contributed by atoms with Crippen molar-refractivity contribution in [3.8, 4) is 5.75 Å². The Morgan fingerprint density at radius 1 is 1.59 bits per heavy atom. The molecule has 0 aliphatic carbocycles. The summed E-state index contributed by atoms with van der Waals surface area (Å²) >= 11 is 0. The maximum absolute atomic E-state index is 10.8. The molecule has 2 N–H and O–H groups in total. The highest BCUT2D eigenvalue weighted by atomic mass is 16.6. The van der Waals surface area contributed by atoms with Crippen molar-refractivity contribution in [3.05, 3.63) is 33.9 Å². The number of aliphatic hydroxyl groups excluding tert-OH is 1. The van der Waals surface area contributed by atoms with Gasteiger partial charge in [-0.3, -0.25) is 10.1 Å². The second-order valence-electron chi connectivity index (χ2n) is 3.73. The molecule has 6 heteroatoms. The van der Waals surface area contributed by atoms with E-state index in [1.165, 1.54) is 13.2 Å². The molecule has 1 aromatic carbocycles. The Morgan fingerprint density at radius 2 is 2.29 bits per heavy atom. The number of nitrogens with zero attached hydrogens (tertiary/aromatic N) is 1. The summed E-state index contributed by atoms with van der Waals surface area (Å²) < 4.78 is 4.91. The van der Waals surface area contributed by atoms with Gasteiger partial charge in [0.2, 0.25) is 0 Å². The number of rotatable bonds is 6. The van der Waals surface area contributed by atoms with E-state index in [-0.39, 0.29) is 24.1 Å². The summed E-state index contributed by atoms with van der Waals surface area (Å²) in [6.45, 7) is 2.32. The molecule has 0 aliphatic rings. The molecule has 0 saturated carbocycles. The first-order chi connectivity index (χ1) is 8.08. The number of nitro benzene ring substituents is 1. The van der Waals surface area contributed by atoms with Crippen LogP contribution in [0, 0.1) is 10.1 Å². The lowest BCUT2D eigenvalue weighted by atomic mass is 10.2. The average molecular weight is 240 g/mol. The summed E-state index contributed by atoms with van der Waals surface area (Å²) in [6, 6.07) is 4.74. The summed E-state index contributed by atoms with van der Waals surface area (Å²) in [7, 11) is 1.40. The largest absolute Gasteiger partial charge is 0.490 e.